The largest absolute Gasteiger partial charge is 0.394 e. The fraction of sp³-hybridized carbons (Fsp3) is 0.389. The highest BCUT2D eigenvalue weighted by Gasteiger charge is 2.44. The van der Waals surface area contributed by atoms with Gasteiger partial charge in [0.15, 0.2) is 23.2 Å². The minimum atomic E-state index is -1.23. The van der Waals surface area contributed by atoms with Crippen LogP contribution in [0, 0.1) is 3.57 Å². The van der Waals surface area contributed by atoms with Gasteiger partial charge in [-0.05, 0) is 46.2 Å². The molecule has 4 rings (SSSR count). The zero-order chi connectivity index (χ0) is 22.0. The lowest BCUT2D eigenvalue weighted by molar-refractivity contribution is -0.0511. The highest BCUT2D eigenvalue weighted by atomic mass is 127. The first kappa shape index (κ1) is 21.7. The van der Waals surface area contributed by atoms with Crippen molar-refractivity contribution in [2.75, 3.05) is 18.5 Å². The van der Waals surface area contributed by atoms with Gasteiger partial charge < -0.3 is 25.4 Å². The molecule has 0 saturated carbocycles. The average molecular weight is 538 g/mol. The number of azide groups is 1. The third kappa shape index (κ3) is 4.28. The van der Waals surface area contributed by atoms with Gasteiger partial charge in [-0.15, -0.1) is 0 Å². The van der Waals surface area contributed by atoms with E-state index in [4.69, 9.17) is 10.3 Å². The molecule has 4 atom stereocenters. The summed E-state index contributed by atoms with van der Waals surface area (Å²) in [4.78, 5) is 15.6. The Labute approximate surface area is 189 Å². The summed E-state index contributed by atoms with van der Waals surface area (Å²) >= 11 is 2.13. The summed E-state index contributed by atoms with van der Waals surface area (Å²) in [5.74, 6) is 0.524. The highest BCUT2D eigenvalue weighted by Crippen LogP contribution is 2.32. The molecule has 3 heterocycles. The van der Waals surface area contributed by atoms with Gasteiger partial charge in [0, 0.05) is 15.0 Å². The van der Waals surface area contributed by atoms with Crippen LogP contribution in [-0.2, 0) is 11.2 Å². The van der Waals surface area contributed by atoms with Crippen molar-refractivity contribution < 1.29 is 20.1 Å². The minimum absolute atomic E-state index is 0.411. The van der Waals surface area contributed by atoms with E-state index >= 15 is 0 Å². The van der Waals surface area contributed by atoms with E-state index in [0.717, 1.165) is 9.13 Å². The van der Waals surface area contributed by atoms with Gasteiger partial charge in [0.2, 0.25) is 0 Å². The van der Waals surface area contributed by atoms with Crippen LogP contribution in [0.5, 0.6) is 0 Å². The molecule has 0 amide bonds. The number of nitrogens with zero attached hydrogens (tertiary/aromatic N) is 7. The maximum absolute atomic E-state index is 10.3. The average Bonchev–Trinajstić information content (AvgIpc) is 3.32. The molecule has 0 aliphatic carbocycles. The number of halogens is 1. The van der Waals surface area contributed by atoms with Crippen LogP contribution >= 0.6 is 22.6 Å². The summed E-state index contributed by atoms with van der Waals surface area (Å²) in [6.45, 7) is 0.162. The van der Waals surface area contributed by atoms with Crippen LogP contribution in [-0.4, -0.2) is 66.3 Å². The molecule has 1 fully saturated rings. The van der Waals surface area contributed by atoms with Gasteiger partial charge in [-0.1, -0.05) is 17.2 Å². The molecular weight excluding hydrogens is 519 g/mol. The van der Waals surface area contributed by atoms with Gasteiger partial charge in [-0.3, -0.25) is 4.57 Å². The van der Waals surface area contributed by atoms with Crippen molar-refractivity contribution in [3.8, 4) is 0 Å². The zero-order valence-corrected chi connectivity index (χ0v) is 18.2. The maximum Gasteiger partial charge on any atom is 0.167 e. The summed E-state index contributed by atoms with van der Waals surface area (Å²) in [7, 11) is 0. The van der Waals surface area contributed by atoms with E-state index in [1.165, 1.54) is 17.2 Å². The Hall–Kier alpha value is -2.55. The van der Waals surface area contributed by atoms with Crippen LogP contribution in [0.15, 0.2) is 36.0 Å². The molecule has 13 heteroatoms. The highest BCUT2D eigenvalue weighted by molar-refractivity contribution is 14.1. The van der Waals surface area contributed by atoms with Crippen molar-refractivity contribution in [1.29, 1.82) is 0 Å². The number of imidazole rings is 1. The van der Waals surface area contributed by atoms with E-state index in [-0.39, 0.29) is 0 Å². The quantitative estimate of drug-likeness (QED) is 0.152. The number of benzene rings is 1. The third-order valence-corrected chi connectivity index (χ3v) is 5.88. The van der Waals surface area contributed by atoms with Gasteiger partial charge in [0.25, 0.3) is 0 Å². The Bertz CT molecular complexity index is 1130. The van der Waals surface area contributed by atoms with E-state index in [1.807, 2.05) is 12.1 Å². The van der Waals surface area contributed by atoms with Crippen molar-refractivity contribution in [2.45, 2.75) is 31.0 Å². The summed E-state index contributed by atoms with van der Waals surface area (Å²) in [5, 5.41) is 36.5. The third-order valence-electron chi connectivity index (χ3n) is 5.02. The standard InChI is InChI=1S/C18H19IN8O4/c19-10-5-9(1-2-11(10)25-26-20)3-4-21-16-13-17(23-7-22-16)27(8-24-13)18-15(30)14(29)12(6-28)31-18/h1-2,5,7-8,12,14-15,18,28-30H,3-4,6H2,(H,21,22,23). The predicted octanol–water partition coefficient (Wildman–Crippen LogP) is 1.64. The minimum Gasteiger partial charge on any atom is -0.394 e. The molecule has 0 spiro atoms. The van der Waals surface area contributed by atoms with Crippen molar-refractivity contribution in [2.24, 2.45) is 5.11 Å². The molecule has 31 heavy (non-hydrogen) atoms. The van der Waals surface area contributed by atoms with Crippen molar-refractivity contribution >= 4 is 45.3 Å². The summed E-state index contributed by atoms with van der Waals surface area (Å²) in [5.41, 5.74) is 11.2. The number of aromatic nitrogens is 4. The van der Waals surface area contributed by atoms with Gasteiger partial charge in [-0.25, -0.2) is 15.0 Å². The monoisotopic (exact) mass is 538 g/mol. The molecule has 0 bridgehead atoms. The van der Waals surface area contributed by atoms with Crippen molar-refractivity contribution in [1.82, 2.24) is 19.5 Å². The van der Waals surface area contributed by atoms with E-state index in [0.29, 0.717) is 35.6 Å². The number of hydrogen-bond donors (Lipinski definition) is 4. The number of anilines is 1. The Kier molecular flexibility index (Phi) is 6.50. The van der Waals surface area contributed by atoms with Gasteiger partial charge in [-0.2, -0.15) is 0 Å². The molecule has 12 nitrogen and oxygen atoms in total. The molecule has 162 valence electrons. The molecule has 3 aromatic rings. The zero-order valence-electron chi connectivity index (χ0n) is 16.1. The number of rotatable bonds is 7. The van der Waals surface area contributed by atoms with Crippen LogP contribution in [0.1, 0.15) is 11.8 Å². The van der Waals surface area contributed by atoms with Gasteiger partial charge >= 0.3 is 0 Å². The van der Waals surface area contributed by atoms with Gasteiger partial charge in [0.1, 0.15) is 24.6 Å². The first-order valence-electron chi connectivity index (χ1n) is 9.41. The summed E-state index contributed by atoms with van der Waals surface area (Å²) in [6.07, 6.45) is -0.699. The first-order valence-corrected chi connectivity index (χ1v) is 10.5. The second-order valence-corrected chi connectivity index (χ2v) is 8.09. The van der Waals surface area contributed by atoms with Gasteiger partial charge in [0.05, 0.1) is 18.6 Å². The molecule has 0 radical (unpaired) electrons. The Morgan fingerprint density at radius 2 is 2.10 bits per heavy atom. The van der Waals surface area contributed by atoms with Crippen molar-refractivity contribution in [3.05, 3.63) is 50.4 Å². The molecule has 1 aliphatic heterocycles. The molecule has 1 aliphatic rings. The van der Waals surface area contributed by atoms with E-state index < -0.39 is 31.1 Å². The summed E-state index contributed by atoms with van der Waals surface area (Å²) in [6, 6.07) is 5.64. The number of aliphatic hydroxyl groups is 3. The molecule has 4 unspecified atom stereocenters. The van der Waals surface area contributed by atoms with Crippen LogP contribution in [0.3, 0.4) is 0 Å². The van der Waals surface area contributed by atoms with E-state index in [2.05, 4.69) is 52.9 Å². The normalized spacial score (nSPS) is 23.1. The van der Waals surface area contributed by atoms with Crippen LogP contribution in [0.2, 0.25) is 0 Å². The number of fused-ring (bicyclic) bond motifs is 1. The molecule has 4 N–H and O–H groups in total. The van der Waals surface area contributed by atoms with E-state index in [1.54, 1.807) is 6.07 Å². The molecule has 2 aromatic heterocycles. The lowest BCUT2D eigenvalue weighted by Crippen LogP contribution is -2.33. The fourth-order valence-electron chi connectivity index (χ4n) is 3.44. The Morgan fingerprint density at radius 3 is 2.81 bits per heavy atom. The number of nitrogens with one attached hydrogen (secondary N) is 1. The van der Waals surface area contributed by atoms with E-state index in [9.17, 15) is 15.3 Å². The SMILES string of the molecule is [N-]=[N+]=Nc1ccc(CCNc2ncnc3c2ncn3C2OC(CO)C(O)C2O)cc1I. The lowest BCUT2D eigenvalue weighted by Gasteiger charge is -2.16. The van der Waals surface area contributed by atoms with Crippen LogP contribution in [0.25, 0.3) is 21.6 Å². The number of hydrogen-bond acceptors (Lipinski definition) is 9. The Morgan fingerprint density at radius 1 is 1.26 bits per heavy atom. The molecule has 1 aromatic carbocycles. The molecular formula is C18H19IN8O4. The molecule has 1 saturated heterocycles. The number of ether oxygens (including phenoxy) is 1. The van der Waals surface area contributed by atoms with Crippen molar-refractivity contribution in [3.63, 3.8) is 0 Å². The number of aliphatic hydroxyl groups excluding tert-OH is 3. The maximum atomic E-state index is 10.3. The van der Waals surface area contributed by atoms with Crippen LogP contribution < -0.4 is 5.32 Å². The smallest absolute Gasteiger partial charge is 0.167 e. The Balaban J connectivity index is 1.49. The lowest BCUT2D eigenvalue weighted by atomic mass is 10.1. The first-order chi connectivity index (χ1) is 15.0. The topological polar surface area (TPSA) is 174 Å². The predicted molar refractivity (Wildman–Crippen MR) is 118 cm³/mol. The second-order valence-electron chi connectivity index (χ2n) is 6.93. The second kappa shape index (κ2) is 9.30. The van der Waals surface area contributed by atoms with Crippen LogP contribution in [0.4, 0.5) is 11.5 Å². The fourth-order valence-corrected chi connectivity index (χ4v) is 4.13. The summed E-state index contributed by atoms with van der Waals surface area (Å²) < 4.78 is 7.95.